The molecule has 106 valence electrons. The van der Waals surface area contributed by atoms with Crippen LogP contribution < -0.4 is 10.2 Å². The molecular weight excluding hydrogens is 243 g/mol. The van der Waals surface area contributed by atoms with E-state index in [-0.39, 0.29) is 12.4 Å². The average molecular weight is 266 g/mol. The first-order valence-corrected chi connectivity index (χ1v) is 7.04. The van der Waals surface area contributed by atoms with Crippen molar-refractivity contribution in [3.8, 4) is 0 Å². The van der Waals surface area contributed by atoms with Crippen molar-refractivity contribution in [2.24, 2.45) is 5.92 Å². The Morgan fingerprint density at radius 2 is 2.26 bits per heavy atom. The summed E-state index contributed by atoms with van der Waals surface area (Å²) in [6, 6.07) is 7.22. The maximum absolute atomic E-state index is 13.3. The van der Waals surface area contributed by atoms with E-state index in [0.29, 0.717) is 12.0 Å². The molecule has 2 rings (SSSR count). The normalized spacial score (nSPS) is 23.6. The van der Waals surface area contributed by atoms with E-state index in [1.54, 1.807) is 12.1 Å². The third kappa shape index (κ3) is 4.18. The van der Waals surface area contributed by atoms with Gasteiger partial charge in [0.05, 0.1) is 0 Å². The van der Waals surface area contributed by atoms with Gasteiger partial charge in [0.2, 0.25) is 0 Å². The molecule has 0 saturated carbocycles. The van der Waals surface area contributed by atoms with E-state index in [4.69, 9.17) is 5.11 Å². The van der Waals surface area contributed by atoms with E-state index >= 15 is 0 Å². The molecule has 1 saturated heterocycles. The van der Waals surface area contributed by atoms with Crippen molar-refractivity contribution in [1.29, 1.82) is 0 Å². The van der Waals surface area contributed by atoms with Crippen LogP contribution in [0.25, 0.3) is 0 Å². The minimum atomic E-state index is -0.180. The molecule has 2 N–H and O–H groups in total. The summed E-state index contributed by atoms with van der Waals surface area (Å²) in [4.78, 5) is 2.24. The van der Waals surface area contributed by atoms with Crippen LogP contribution in [0, 0.1) is 11.7 Å². The van der Waals surface area contributed by atoms with Crippen molar-refractivity contribution < 1.29 is 9.50 Å². The molecule has 19 heavy (non-hydrogen) atoms. The quantitative estimate of drug-likeness (QED) is 0.800. The molecule has 1 heterocycles. The number of benzene rings is 1. The summed E-state index contributed by atoms with van der Waals surface area (Å²) in [6.45, 7) is 5.17. The summed E-state index contributed by atoms with van der Waals surface area (Å²) in [7, 11) is 0. The molecule has 4 heteroatoms. The molecule has 0 spiro atoms. The van der Waals surface area contributed by atoms with Crippen molar-refractivity contribution in [1.82, 2.24) is 5.32 Å². The Morgan fingerprint density at radius 3 is 3.00 bits per heavy atom. The van der Waals surface area contributed by atoms with Gasteiger partial charge in [-0.2, -0.15) is 0 Å². The molecular formula is C15H23FN2O. The summed E-state index contributed by atoms with van der Waals surface area (Å²) < 4.78 is 13.3. The second-order valence-electron chi connectivity index (χ2n) is 5.45. The third-order valence-corrected chi connectivity index (χ3v) is 3.60. The highest BCUT2D eigenvalue weighted by Crippen LogP contribution is 2.23. The van der Waals surface area contributed by atoms with Crippen LogP contribution in [-0.4, -0.2) is 37.4 Å². The van der Waals surface area contributed by atoms with Crippen molar-refractivity contribution in [3.63, 3.8) is 0 Å². The standard InChI is InChI=1S/C15H23FN2O/c1-12-8-14(17-6-3-7-19)11-18(10-12)15-5-2-4-13(16)9-15/h2,4-5,9,12,14,17,19H,3,6-8,10-11H2,1H3. The average Bonchev–Trinajstić information content (AvgIpc) is 2.38. The smallest absolute Gasteiger partial charge is 0.125 e. The van der Waals surface area contributed by atoms with Crippen molar-refractivity contribution >= 4 is 5.69 Å². The van der Waals surface area contributed by atoms with Crippen molar-refractivity contribution in [3.05, 3.63) is 30.1 Å². The first-order chi connectivity index (χ1) is 9.19. The number of anilines is 1. The monoisotopic (exact) mass is 266 g/mol. The van der Waals surface area contributed by atoms with Gasteiger partial charge >= 0.3 is 0 Å². The van der Waals surface area contributed by atoms with E-state index in [0.717, 1.165) is 38.2 Å². The van der Waals surface area contributed by atoms with Crippen LogP contribution in [0.2, 0.25) is 0 Å². The number of halogens is 1. The highest BCUT2D eigenvalue weighted by molar-refractivity contribution is 5.47. The lowest BCUT2D eigenvalue weighted by atomic mass is 9.95. The van der Waals surface area contributed by atoms with Gasteiger partial charge in [-0.3, -0.25) is 0 Å². The Morgan fingerprint density at radius 1 is 1.42 bits per heavy atom. The molecule has 3 nitrogen and oxygen atoms in total. The maximum Gasteiger partial charge on any atom is 0.125 e. The van der Waals surface area contributed by atoms with Crippen LogP contribution in [0.15, 0.2) is 24.3 Å². The highest BCUT2D eigenvalue weighted by Gasteiger charge is 2.24. The zero-order valence-electron chi connectivity index (χ0n) is 11.5. The second-order valence-corrected chi connectivity index (χ2v) is 5.45. The molecule has 2 atom stereocenters. The van der Waals surface area contributed by atoms with Gasteiger partial charge in [0.25, 0.3) is 0 Å². The lowest BCUT2D eigenvalue weighted by molar-refractivity contribution is 0.276. The molecule has 0 radical (unpaired) electrons. The fraction of sp³-hybridized carbons (Fsp3) is 0.600. The summed E-state index contributed by atoms with van der Waals surface area (Å²) in [5.74, 6) is 0.407. The summed E-state index contributed by atoms with van der Waals surface area (Å²) in [5, 5.41) is 12.3. The zero-order chi connectivity index (χ0) is 13.7. The van der Waals surface area contributed by atoms with Gasteiger partial charge in [-0.15, -0.1) is 0 Å². The molecule has 0 amide bonds. The van der Waals surface area contributed by atoms with Crippen LogP contribution in [0.3, 0.4) is 0 Å². The minimum absolute atomic E-state index is 0.180. The van der Waals surface area contributed by atoms with E-state index in [1.165, 1.54) is 6.07 Å². The van der Waals surface area contributed by atoms with Gasteiger partial charge in [0.15, 0.2) is 0 Å². The molecule has 2 unspecified atom stereocenters. The number of nitrogens with one attached hydrogen (secondary N) is 1. The Kier molecular flexibility index (Phi) is 5.16. The summed E-state index contributed by atoms with van der Waals surface area (Å²) >= 11 is 0. The predicted molar refractivity (Wildman–Crippen MR) is 75.9 cm³/mol. The predicted octanol–water partition coefficient (Wildman–Crippen LogP) is 2.01. The Balaban J connectivity index is 1.97. The van der Waals surface area contributed by atoms with E-state index in [2.05, 4.69) is 17.1 Å². The number of hydrogen-bond donors (Lipinski definition) is 2. The van der Waals surface area contributed by atoms with Gasteiger partial charge in [-0.1, -0.05) is 13.0 Å². The lowest BCUT2D eigenvalue weighted by Gasteiger charge is -2.38. The van der Waals surface area contributed by atoms with Crippen LogP contribution in [-0.2, 0) is 0 Å². The van der Waals surface area contributed by atoms with E-state index in [9.17, 15) is 4.39 Å². The van der Waals surface area contributed by atoms with Crippen molar-refractivity contribution in [2.45, 2.75) is 25.8 Å². The fourth-order valence-corrected chi connectivity index (χ4v) is 2.77. The molecule has 1 aromatic carbocycles. The summed E-state index contributed by atoms with van der Waals surface area (Å²) in [5.41, 5.74) is 0.959. The van der Waals surface area contributed by atoms with Crippen LogP contribution in [0.4, 0.5) is 10.1 Å². The molecule has 1 aromatic rings. The number of hydrogen-bond acceptors (Lipinski definition) is 3. The number of nitrogens with zero attached hydrogens (tertiary/aromatic N) is 1. The third-order valence-electron chi connectivity index (χ3n) is 3.60. The minimum Gasteiger partial charge on any atom is -0.396 e. The molecule has 0 aliphatic carbocycles. The SMILES string of the molecule is CC1CC(NCCCO)CN(c2cccc(F)c2)C1. The number of aliphatic hydroxyl groups is 1. The zero-order valence-corrected chi connectivity index (χ0v) is 11.5. The highest BCUT2D eigenvalue weighted by atomic mass is 19.1. The Bertz CT molecular complexity index is 399. The van der Waals surface area contributed by atoms with Gasteiger partial charge in [0, 0.05) is 31.4 Å². The van der Waals surface area contributed by atoms with Gasteiger partial charge in [-0.05, 0) is 43.5 Å². The molecule has 1 aliphatic heterocycles. The molecule has 0 bridgehead atoms. The van der Waals surface area contributed by atoms with Crippen molar-refractivity contribution in [2.75, 3.05) is 31.1 Å². The Labute approximate surface area is 114 Å². The van der Waals surface area contributed by atoms with Gasteiger partial charge in [0.1, 0.15) is 5.82 Å². The first kappa shape index (κ1) is 14.3. The van der Waals surface area contributed by atoms with E-state index < -0.39 is 0 Å². The van der Waals surface area contributed by atoms with E-state index in [1.807, 2.05) is 6.07 Å². The number of aliphatic hydroxyl groups excluding tert-OH is 1. The lowest BCUT2D eigenvalue weighted by Crippen LogP contribution is -2.49. The molecule has 1 fully saturated rings. The largest absolute Gasteiger partial charge is 0.396 e. The van der Waals surface area contributed by atoms with Crippen LogP contribution >= 0.6 is 0 Å². The number of rotatable bonds is 5. The maximum atomic E-state index is 13.3. The van der Waals surface area contributed by atoms with Crippen LogP contribution in [0.1, 0.15) is 19.8 Å². The number of piperidine rings is 1. The van der Waals surface area contributed by atoms with Gasteiger partial charge in [-0.25, -0.2) is 4.39 Å². The fourth-order valence-electron chi connectivity index (χ4n) is 2.77. The van der Waals surface area contributed by atoms with Gasteiger partial charge < -0.3 is 15.3 Å². The first-order valence-electron chi connectivity index (χ1n) is 7.04. The Hall–Kier alpha value is -1.13. The second kappa shape index (κ2) is 6.87. The van der Waals surface area contributed by atoms with Crippen LogP contribution in [0.5, 0.6) is 0 Å². The topological polar surface area (TPSA) is 35.5 Å². The molecule has 1 aliphatic rings. The summed E-state index contributed by atoms with van der Waals surface area (Å²) in [6.07, 6.45) is 1.92. The molecule has 0 aromatic heterocycles.